The number of nitrogens with one attached hydrogen (secondary N) is 1. The maximum atomic E-state index is 11.7. The Labute approximate surface area is 125 Å². The van der Waals surface area contributed by atoms with Gasteiger partial charge in [0, 0.05) is 6.54 Å². The van der Waals surface area contributed by atoms with Gasteiger partial charge in [0.05, 0.1) is 19.8 Å². The molecule has 0 unspecified atom stereocenters. The fraction of sp³-hybridized carbons (Fsp3) is 0.500. The molecule has 0 radical (unpaired) electrons. The largest absolute Gasteiger partial charge is 0.493 e. The SMILES string of the molecule is COc1ccc(CCNC(=O)C2(N)CC2)cc1OC.Cl. The summed E-state index contributed by atoms with van der Waals surface area (Å²) < 4.78 is 10.4. The summed E-state index contributed by atoms with van der Waals surface area (Å²) in [5, 5.41) is 2.86. The minimum absolute atomic E-state index is 0. The van der Waals surface area contributed by atoms with Crippen LogP contribution in [0.3, 0.4) is 0 Å². The molecule has 5 nitrogen and oxygen atoms in total. The average molecular weight is 301 g/mol. The quantitative estimate of drug-likeness (QED) is 0.830. The standard InChI is InChI=1S/C14H20N2O3.ClH/c1-18-11-4-3-10(9-12(11)19-2)5-8-16-13(17)14(15)6-7-14;/h3-4,9H,5-8,15H2,1-2H3,(H,16,17);1H. The predicted molar refractivity (Wildman–Crippen MR) is 79.7 cm³/mol. The Hall–Kier alpha value is -1.46. The minimum Gasteiger partial charge on any atom is -0.493 e. The van der Waals surface area contributed by atoms with Crippen LogP contribution < -0.4 is 20.5 Å². The molecule has 112 valence electrons. The molecule has 1 aromatic rings. The van der Waals surface area contributed by atoms with Crippen LogP contribution in [0.2, 0.25) is 0 Å². The summed E-state index contributed by atoms with van der Waals surface area (Å²) >= 11 is 0. The molecular formula is C14H21ClN2O3. The van der Waals surface area contributed by atoms with Crippen LogP contribution in [0.15, 0.2) is 18.2 Å². The number of halogens is 1. The maximum absolute atomic E-state index is 11.7. The van der Waals surface area contributed by atoms with Gasteiger partial charge in [-0.05, 0) is 37.0 Å². The van der Waals surface area contributed by atoms with Crippen molar-refractivity contribution in [3.8, 4) is 11.5 Å². The molecule has 0 bridgehead atoms. The number of hydrogen-bond acceptors (Lipinski definition) is 4. The number of nitrogens with two attached hydrogens (primary N) is 1. The lowest BCUT2D eigenvalue weighted by Crippen LogP contribution is -2.43. The summed E-state index contributed by atoms with van der Waals surface area (Å²) in [6, 6.07) is 5.74. The lowest BCUT2D eigenvalue weighted by Gasteiger charge is -2.11. The topological polar surface area (TPSA) is 73.6 Å². The van der Waals surface area contributed by atoms with Gasteiger partial charge < -0.3 is 20.5 Å². The molecule has 0 spiro atoms. The van der Waals surface area contributed by atoms with Crippen molar-refractivity contribution in [3.63, 3.8) is 0 Å². The monoisotopic (exact) mass is 300 g/mol. The van der Waals surface area contributed by atoms with Crippen LogP contribution >= 0.6 is 12.4 Å². The van der Waals surface area contributed by atoms with E-state index in [0.29, 0.717) is 18.0 Å². The van der Waals surface area contributed by atoms with E-state index in [1.807, 2.05) is 18.2 Å². The van der Waals surface area contributed by atoms with Crippen molar-refractivity contribution in [3.05, 3.63) is 23.8 Å². The number of ether oxygens (including phenoxy) is 2. The number of carbonyl (C=O) groups excluding carboxylic acids is 1. The zero-order valence-electron chi connectivity index (χ0n) is 11.8. The molecule has 1 aliphatic carbocycles. The van der Waals surface area contributed by atoms with Gasteiger partial charge >= 0.3 is 0 Å². The Morgan fingerprint density at radius 1 is 1.30 bits per heavy atom. The number of carbonyl (C=O) groups is 1. The number of methoxy groups -OCH3 is 2. The van der Waals surface area contributed by atoms with Gasteiger partial charge in [-0.1, -0.05) is 6.07 Å². The van der Waals surface area contributed by atoms with Crippen molar-refractivity contribution >= 4 is 18.3 Å². The highest BCUT2D eigenvalue weighted by Crippen LogP contribution is 2.32. The minimum atomic E-state index is -0.600. The highest BCUT2D eigenvalue weighted by Gasteiger charge is 2.45. The Morgan fingerprint density at radius 3 is 2.50 bits per heavy atom. The Bertz CT molecular complexity index is 475. The first-order valence-corrected chi connectivity index (χ1v) is 6.37. The van der Waals surface area contributed by atoms with Crippen molar-refractivity contribution in [1.82, 2.24) is 5.32 Å². The van der Waals surface area contributed by atoms with E-state index in [9.17, 15) is 4.79 Å². The second-order valence-electron chi connectivity index (χ2n) is 4.85. The van der Waals surface area contributed by atoms with Crippen molar-refractivity contribution in [2.75, 3.05) is 20.8 Å². The van der Waals surface area contributed by atoms with Crippen LogP contribution in [-0.2, 0) is 11.2 Å². The van der Waals surface area contributed by atoms with E-state index in [4.69, 9.17) is 15.2 Å². The molecule has 0 heterocycles. The van der Waals surface area contributed by atoms with Crippen molar-refractivity contribution in [2.45, 2.75) is 24.8 Å². The third-order valence-corrected chi connectivity index (χ3v) is 3.39. The first kappa shape index (κ1) is 16.6. The predicted octanol–water partition coefficient (Wildman–Crippen LogP) is 1.28. The van der Waals surface area contributed by atoms with E-state index in [1.54, 1.807) is 14.2 Å². The smallest absolute Gasteiger partial charge is 0.240 e. The summed E-state index contributed by atoms with van der Waals surface area (Å²) in [6.45, 7) is 0.577. The number of benzene rings is 1. The van der Waals surface area contributed by atoms with Crippen LogP contribution in [-0.4, -0.2) is 32.2 Å². The van der Waals surface area contributed by atoms with Gasteiger partial charge in [0.1, 0.15) is 0 Å². The molecule has 0 atom stereocenters. The van der Waals surface area contributed by atoms with E-state index in [0.717, 1.165) is 24.8 Å². The number of rotatable bonds is 6. The molecule has 0 aromatic heterocycles. The highest BCUT2D eigenvalue weighted by molar-refractivity contribution is 5.88. The third-order valence-electron chi connectivity index (χ3n) is 3.39. The molecule has 0 saturated heterocycles. The van der Waals surface area contributed by atoms with E-state index in [2.05, 4.69) is 5.32 Å². The molecule has 6 heteroatoms. The normalized spacial score (nSPS) is 14.9. The molecule has 1 aromatic carbocycles. The van der Waals surface area contributed by atoms with Crippen LogP contribution in [0.5, 0.6) is 11.5 Å². The summed E-state index contributed by atoms with van der Waals surface area (Å²) in [5.74, 6) is 1.35. The molecule has 1 fully saturated rings. The van der Waals surface area contributed by atoms with Gasteiger partial charge in [0.25, 0.3) is 0 Å². The van der Waals surface area contributed by atoms with Crippen LogP contribution in [0.25, 0.3) is 0 Å². The van der Waals surface area contributed by atoms with E-state index in [-0.39, 0.29) is 18.3 Å². The first-order valence-electron chi connectivity index (χ1n) is 6.37. The van der Waals surface area contributed by atoms with Gasteiger partial charge in [-0.2, -0.15) is 0 Å². The van der Waals surface area contributed by atoms with Crippen LogP contribution in [0.4, 0.5) is 0 Å². The average Bonchev–Trinajstić information content (AvgIpc) is 3.17. The number of hydrogen-bond donors (Lipinski definition) is 2. The molecular weight excluding hydrogens is 280 g/mol. The third kappa shape index (κ3) is 3.77. The summed E-state index contributed by atoms with van der Waals surface area (Å²) in [6.07, 6.45) is 2.31. The summed E-state index contributed by atoms with van der Waals surface area (Å²) in [7, 11) is 3.21. The lowest BCUT2D eigenvalue weighted by atomic mass is 10.1. The lowest BCUT2D eigenvalue weighted by molar-refractivity contribution is -0.123. The zero-order chi connectivity index (χ0) is 13.9. The fourth-order valence-electron chi connectivity index (χ4n) is 1.89. The molecule has 2 rings (SSSR count). The molecule has 20 heavy (non-hydrogen) atoms. The van der Waals surface area contributed by atoms with Gasteiger partial charge in [0.15, 0.2) is 11.5 Å². The summed E-state index contributed by atoms with van der Waals surface area (Å²) in [4.78, 5) is 11.7. The van der Waals surface area contributed by atoms with Crippen molar-refractivity contribution in [2.24, 2.45) is 5.73 Å². The van der Waals surface area contributed by atoms with Crippen LogP contribution in [0, 0.1) is 0 Å². The Morgan fingerprint density at radius 2 is 1.95 bits per heavy atom. The van der Waals surface area contributed by atoms with Crippen LogP contribution in [0.1, 0.15) is 18.4 Å². The second-order valence-corrected chi connectivity index (χ2v) is 4.85. The van der Waals surface area contributed by atoms with E-state index in [1.165, 1.54) is 0 Å². The fourth-order valence-corrected chi connectivity index (χ4v) is 1.89. The summed E-state index contributed by atoms with van der Waals surface area (Å²) in [5.41, 5.74) is 6.29. The molecule has 1 amide bonds. The second kappa shape index (κ2) is 6.81. The molecule has 3 N–H and O–H groups in total. The number of amides is 1. The first-order chi connectivity index (χ1) is 9.09. The zero-order valence-corrected chi connectivity index (χ0v) is 12.6. The Kier molecular flexibility index (Phi) is 5.65. The van der Waals surface area contributed by atoms with Crippen molar-refractivity contribution < 1.29 is 14.3 Å². The highest BCUT2D eigenvalue weighted by atomic mass is 35.5. The van der Waals surface area contributed by atoms with E-state index < -0.39 is 5.54 Å². The van der Waals surface area contributed by atoms with Gasteiger partial charge in [0.2, 0.25) is 5.91 Å². The van der Waals surface area contributed by atoms with Crippen molar-refractivity contribution in [1.29, 1.82) is 0 Å². The maximum Gasteiger partial charge on any atom is 0.240 e. The molecule has 0 aliphatic heterocycles. The Balaban J connectivity index is 0.00000200. The van der Waals surface area contributed by atoms with Gasteiger partial charge in [-0.25, -0.2) is 0 Å². The molecule has 1 saturated carbocycles. The van der Waals surface area contributed by atoms with Gasteiger partial charge in [-0.15, -0.1) is 12.4 Å². The van der Waals surface area contributed by atoms with Gasteiger partial charge in [-0.3, -0.25) is 4.79 Å². The molecule has 1 aliphatic rings. The van der Waals surface area contributed by atoms with E-state index >= 15 is 0 Å².